The molecule has 4 nitrogen and oxygen atoms in total. The van der Waals surface area contributed by atoms with Gasteiger partial charge in [-0.2, -0.15) is 0 Å². The van der Waals surface area contributed by atoms with Crippen LogP contribution < -0.4 is 0 Å². The maximum Gasteiger partial charge on any atom is 0.136 e. The molecular formula is C56H38N4. The van der Waals surface area contributed by atoms with Crippen molar-refractivity contribution in [2.75, 3.05) is 0 Å². The third-order valence-corrected chi connectivity index (χ3v) is 12.2. The van der Waals surface area contributed by atoms with Gasteiger partial charge in [-0.1, -0.05) is 164 Å². The first-order valence-electron chi connectivity index (χ1n) is 20.7. The molecule has 0 spiro atoms. The molecule has 1 unspecified atom stereocenters. The highest BCUT2D eigenvalue weighted by molar-refractivity contribution is 6.23. The largest absolute Gasteiger partial charge is 0.313 e. The van der Waals surface area contributed by atoms with Gasteiger partial charge in [0.05, 0.1) is 27.9 Å². The molecule has 12 rings (SSSR count). The second kappa shape index (κ2) is 13.9. The molecule has 3 heterocycles. The van der Waals surface area contributed by atoms with Crippen molar-refractivity contribution in [1.82, 2.24) is 19.1 Å². The molecule has 4 heteroatoms. The maximum absolute atomic E-state index is 5.31. The van der Waals surface area contributed by atoms with Crippen molar-refractivity contribution in [2.24, 2.45) is 0 Å². The molecule has 0 saturated carbocycles. The molecule has 0 fully saturated rings. The average Bonchev–Trinajstić information content (AvgIpc) is 3.83. The van der Waals surface area contributed by atoms with Gasteiger partial charge >= 0.3 is 0 Å². The van der Waals surface area contributed by atoms with Crippen LogP contribution in [0.5, 0.6) is 0 Å². The van der Waals surface area contributed by atoms with E-state index < -0.39 is 0 Å². The van der Waals surface area contributed by atoms with E-state index in [2.05, 4.69) is 221 Å². The first-order valence-corrected chi connectivity index (χ1v) is 20.7. The van der Waals surface area contributed by atoms with Crippen LogP contribution in [0.25, 0.3) is 94.6 Å². The number of aromatic nitrogens is 4. The van der Waals surface area contributed by atoms with Crippen molar-refractivity contribution < 1.29 is 0 Å². The van der Waals surface area contributed by atoms with Crippen molar-refractivity contribution in [3.05, 3.63) is 223 Å². The molecule has 1 aliphatic rings. The maximum atomic E-state index is 5.31. The minimum absolute atomic E-state index is 0.0404. The normalized spacial score (nSPS) is 13.7. The molecule has 8 aromatic carbocycles. The third-order valence-electron chi connectivity index (χ3n) is 12.2. The van der Waals surface area contributed by atoms with Gasteiger partial charge < -0.3 is 9.13 Å². The van der Waals surface area contributed by atoms with Gasteiger partial charge in [-0.05, 0) is 70.4 Å². The highest BCUT2D eigenvalue weighted by Gasteiger charge is 2.28. The summed E-state index contributed by atoms with van der Waals surface area (Å²) in [7, 11) is 0. The molecule has 0 radical (unpaired) electrons. The van der Waals surface area contributed by atoms with Gasteiger partial charge in [0.15, 0.2) is 0 Å². The van der Waals surface area contributed by atoms with Gasteiger partial charge in [0.1, 0.15) is 5.82 Å². The summed E-state index contributed by atoms with van der Waals surface area (Å²) in [5.41, 5.74) is 14.8. The molecule has 0 amide bonds. The number of hydrogen-bond acceptors (Lipinski definition) is 2. The Morgan fingerprint density at radius 2 is 1.00 bits per heavy atom. The lowest BCUT2D eigenvalue weighted by Gasteiger charge is -2.21. The Hall–Kier alpha value is -7.82. The lowest BCUT2D eigenvalue weighted by atomic mass is 9.92. The van der Waals surface area contributed by atoms with Crippen LogP contribution in [0.4, 0.5) is 0 Å². The van der Waals surface area contributed by atoms with Crippen LogP contribution in [0.15, 0.2) is 206 Å². The van der Waals surface area contributed by atoms with E-state index in [9.17, 15) is 0 Å². The first kappa shape index (κ1) is 34.2. The Kier molecular flexibility index (Phi) is 7.95. The number of rotatable bonds is 6. The van der Waals surface area contributed by atoms with Gasteiger partial charge in [0.25, 0.3) is 0 Å². The number of nitrogens with zero attached hydrogens (tertiary/aromatic N) is 4. The average molecular weight is 767 g/mol. The van der Waals surface area contributed by atoms with Gasteiger partial charge in [-0.15, -0.1) is 0 Å². The van der Waals surface area contributed by atoms with Crippen LogP contribution in [0, 0.1) is 0 Å². The summed E-state index contributed by atoms with van der Waals surface area (Å²) in [4.78, 5) is 10.6. The Morgan fingerprint density at radius 3 is 1.72 bits per heavy atom. The number of benzene rings is 8. The lowest BCUT2D eigenvalue weighted by molar-refractivity contribution is 0.731. The lowest BCUT2D eigenvalue weighted by Crippen LogP contribution is -2.13. The van der Waals surface area contributed by atoms with Crippen LogP contribution in [0.2, 0.25) is 0 Å². The molecule has 1 atom stereocenters. The van der Waals surface area contributed by atoms with Crippen molar-refractivity contribution in [1.29, 1.82) is 0 Å². The number of fused-ring (bicyclic) bond motifs is 8. The monoisotopic (exact) mass is 766 g/mol. The van der Waals surface area contributed by atoms with Crippen molar-refractivity contribution >= 4 is 49.6 Å². The summed E-state index contributed by atoms with van der Waals surface area (Å²) in [5, 5.41) is 6.23. The van der Waals surface area contributed by atoms with E-state index in [1.54, 1.807) is 0 Å². The fraction of sp³-hybridized carbons (Fsp3) is 0.0357. The summed E-state index contributed by atoms with van der Waals surface area (Å²) < 4.78 is 4.96. The molecule has 0 saturated heterocycles. The summed E-state index contributed by atoms with van der Waals surface area (Å²) >= 11 is 0. The summed E-state index contributed by atoms with van der Waals surface area (Å²) in [6.45, 7) is 0. The van der Waals surface area contributed by atoms with E-state index in [0.717, 1.165) is 46.1 Å². The fourth-order valence-electron chi connectivity index (χ4n) is 9.45. The number of allylic oxidation sites excluding steroid dienone is 1. The molecule has 0 aliphatic heterocycles. The molecule has 60 heavy (non-hydrogen) atoms. The zero-order valence-corrected chi connectivity index (χ0v) is 32.8. The molecule has 0 bridgehead atoms. The summed E-state index contributed by atoms with van der Waals surface area (Å²) in [6.07, 6.45) is 5.41. The van der Waals surface area contributed by atoms with Crippen LogP contribution in [-0.2, 0) is 6.42 Å². The van der Waals surface area contributed by atoms with Crippen LogP contribution in [0.3, 0.4) is 0 Å². The third kappa shape index (κ3) is 5.60. The summed E-state index contributed by atoms with van der Waals surface area (Å²) in [5.74, 6) is 0.784. The smallest absolute Gasteiger partial charge is 0.136 e. The van der Waals surface area contributed by atoms with E-state index in [1.807, 2.05) is 0 Å². The topological polar surface area (TPSA) is 35.6 Å². The highest BCUT2D eigenvalue weighted by atomic mass is 15.0. The quantitative estimate of drug-likeness (QED) is 0.169. The van der Waals surface area contributed by atoms with Crippen molar-refractivity contribution in [3.8, 4) is 45.0 Å². The summed E-state index contributed by atoms with van der Waals surface area (Å²) in [6, 6.07) is 71.7. The van der Waals surface area contributed by atoms with E-state index >= 15 is 0 Å². The number of para-hydroxylation sites is 1. The number of hydrogen-bond donors (Lipinski definition) is 0. The van der Waals surface area contributed by atoms with Gasteiger partial charge in [-0.3, -0.25) is 0 Å². The predicted molar refractivity (Wildman–Crippen MR) is 249 cm³/mol. The Morgan fingerprint density at radius 1 is 0.417 bits per heavy atom. The van der Waals surface area contributed by atoms with E-state index in [-0.39, 0.29) is 5.92 Å². The first-order chi connectivity index (χ1) is 29.7. The Balaban J connectivity index is 1.12. The standard InChI is InChI=1S/C56H38N4/c1-5-16-37(17-6-1)41-23-15-26-44(32-41)60-52-33-42(56-57-49(39-19-7-2-8-20-39)36-50(58-56)40-21-9-3-10-22-40)28-30-46(52)47-34-54-48(35-53(47)60)55-45-27-14-13-18-38(45)29-31-51(55)59(54)43-24-11-4-12-25-43/h1-32,34-36,42H,33H2. The minimum Gasteiger partial charge on any atom is -0.313 e. The molecule has 3 aromatic heterocycles. The predicted octanol–water partition coefficient (Wildman–Crippen LogP) is 14.0. The second-order valence-corrected chi connectivity index (χ2v) is 15.7. The molecule has 11 aromatic rings. The Labute approximate surface area is 348 Å². The van der Waals surface area contributed by atoms with Gasteiger partial charge in [-0.25, -0.2) is 9.97 Å². The zero-order chi connectivity index (χ0) is 39.6. The molecule has 282 valence electrons. The van der Waals surface area contributed by atoms with Gasteiger partial charge in [0, 0.05) is 62.3 Å². The molecule has 1 aliphatic carbocycles. The molecule has 0 N–H and O–H groups in total. The van der Waals surface area contributed by atoms with E-state index in [0.29, 0.717) is 0 Å². The van der Waals surface area contributed by atoms with Crippen LogP contribution in [-0.4, -0.2) is 19.1 Å². The van der Waals surface area contributed by atoms with Crippen LogP contribution in [0.1, 0.15) is 23.0 Å². The minimum atomic E-state index is -0.0404. The molecular weight excluding hydrogens is 729 g/mol. The Bertz CT molecular complexity index is 3380. The van der Waals surface area contributed by atoms with Crippen molar-refractivity contribution in [2.45, 2.75) is 12.3 Å². The fourth-order valence-corrected chi connectivity index (χ4v) is 9.45. The van der Waals surface area contributed by atoms with E-state index in [1.165, 1.54) is 65.9 Å². The highest BCUT2D eigenvalue weighted by Crippen LogP contribution is 2.44. The second-order valence-electron chi connectivity index (χ2n) is 15.7. The SMILES string of the molecule is C1=CC(c2nc(-c3ccccc3)cc(-c3ccccc3)n2)Cc2c1c1cc3c(cc1n2-c1cccc(-c2ccccc2)c1)c1c2ccccc2ccc1n3-c1ccccc1. The van der Waals surface area contributed by atoms with Crippen LogP contribution >= 0.6 is 0 Å². The van der Waals surface area contributed by atoms with E-state index in [4.69, 9.17) is 9.97 Å². The zero-order valence-electron chi connectivity index (χ0n) is 32.8. The van der Waals surface area contributed by atoms with Gasteiger partial charge in [0.2, 0.25) is 0 Å². The van der Waals surface area contributed by atoms with Crippen molar-refractivity contribution in [3.63, 3.8) is 0 Å².